The lowest BCUT2D eigenvalue weighted by Crippen LogP contribution is -2.35. The first kappa shape index (κ1) is 12.9. The maximum absolute atomic E-state index is 12.8. The molecule has 3 aromatic rings. The van der Waals surface area contributed by atoms with E-state index in [9.17, 15) is 9.90 Å². The smallest absolute Gasteiger partial charge is 0.268 e. The maximum Gasteiger partial charge on any atom is 0.268 e. The molecule has 1 N–H and O–H groups in total. The van der Waals surface area contributed by atoms with Crippen LogP contribution in [0, 0.1) is 0 Å². The Kier molecular flexibility index (Phi) is 2.97. The van der Waals surface area contributed by atoms with Crippen LogP contribution in [0.4, 0.5) is 5.69 Å². The van der Waals surface area contributed by atoms with Gasteiger partial charge in [-0.2, -0.15) is 0 Å². The van der Waals surface area contributed by atoms with Gasteiger partial charge in [-0.1, -0.05) is 12.1 Å². The zero-order valence-electron chi connectivity index (χ0n) is 11.2. The van der Waals surface area contributed by atoms with Crippen LogP contribution in [0.5, 0.6) is 5.75 Å². The lowest BCUT2D eigenvalue weighted by atomic mass is 10.0. The highest BCUT2D eigenvalue weighted by Crippen LogP contribution is 2.38. The molecular formula is C16H13NO2S2. The Hall–Kier alpha value is -1.85. The Morgan fingerprint density at radius 1 is 1.24 bits per heavy atom. The van der Waals surface area contributed by atoms with Gasteiger partial charge in [-0.15, -0.1) is 22.7 Å². The van der Waals surface area contributed by atoms with Crippen LogP contribution in [0.25, 0.3) is 9.40 Å². The zero-order valence-corrected chi connectivity index (χ0v) is 12.8. The van der Waals surface area contributed by atoms with Crippen LogP contribution < -0.4 is 4.90 Å². The van der Waals surface area contributed by atoms with Crippen molar-refractivity contribution in [2.75, 3.05) is 11.4 Å². The van der Waals surface area contributed by atoms with Crippen molar-refractivity contribution in [2.24, 2.45) is 0 Å². The third-order valence-corrected chi connectivity index (χ3v) is 5.87. The molecule has 1 amide bonds. The van der Waals surface area contributed by atoms with E-state index in [1.807, 2.05) is 29.6 Å². The van der Waals surface area contributed by atoms with Gasteiger partial charge < -0.3 is 10.0 Å². The fourth-order valence-electron chi connectivity index (χ4n) is 2.84. The summed E-state index contributed by atoms with van der Waals surface area (Å²) in [6.45, 7) is 0.662. The van der Waals surface area contributed by atoms with Crippen molar-refractivity contribution >= 4 is 43.7 Å². The number of thiophene rings is 2. The molecule has 0 saturated carbocycles. The first-order chi connectivity index (χ1) is 10.2. The second-order valence-corrected chi connectivity index (χ2v) is 7.14. The molecule has 0 aliphatic carbocycles. The average Bonchev–Trinajstić information content (AvgIpc) is 3.07. The molecule has 106 valence electrons. The third kappa shape index (κ3) is 2.04. The predicted molar refractivity (Wildman–Crippen MR) is 87.8 cm³/mol. The number of fused-ring (bicyclic) bond motifs is 2. The summed E-state index contributed by atoms with van der Waals surface area (Å²) in [5.41, 5.74) is 1.73. The molecule has 1 aliphatic rings. The Balaban J connectivity index is 1.77. The van der Waals surface area contributed by atoms with E-state index in [0.29, 0.717) is 12.2 Å². The summed E-state index contributed by atoms with van der Waals surface area (Å²) in [6, 6.07) is 9.48. The Morgan fingerprint density at radius 3 is 3.00 bits per heavy atom. The number of phenolic OH excluding ortho intramolecular Hbond substituents is 1. The number of aromatic hydroxyl groups is 1. The highest BCUT2D eigenvalue weighted by atomic mass is 32.1. The summed E-state index contributed by atoms with van der Waals surface area (Å²) >= 11 is 3.18. The molecule has 4 rings (SSSR count). The van der Waals surface area contributed by atoms with Crippen LogP contribution in [-0.2, 0) is 6.42 Å². The molecule has 0 fully saturated rings. The Morgan fingerprint density at radius 2 is 2.14 bits per heavy atom. The summed E-state index contributed by atoms with van der Waals surface area (Å²) < 4.78 is 2.30. The van der Waals surface area contributed by atoms with E-state index < -0.39 is 0 Å². The predicted octanol–water partition coefficient (Wildman–Crippen LogP) is 4.26. The highest BCUT2D eigenvalue weighted by Gasteiger charge is 2.27. The molecular weight excluding hydrogens is 302 g/mol. The van der Waals surface area contributed by atoms with Gasteiger partial charge in [0.2, 0.25) is 0 Å². The number of anilines is 1. The summed E-state index contributed by atoms with van der Waals surface area (Å²) in [5.74, 6) is 0.185. The van der Waals surface area contributed by atoms with Crippen LogP contribution in [-0.4, -0.2) is 17.6 Å². The van der Waals surface area contributed by atoms with Gasteiger partial charge >= 0.3 is 0 Å². The third-order valence-electron chi connectivity index (χ3n) is 3.79. The minimum absolute atomic E-state index is 0.00847. The summed E-state index contributed by atoms with van der Waals surface area (Å²) in [6.07, 6.45) is 1.84. The monoisotopic (exact) mass is 315 g/mol. The average molecular weight is 315 g/mol. The fourth-order valence-corrected chi connectivity index (χ4v) is 4.90. The lowest BCUT2D eigenvalue weighted by molar-refractivity contribution is 0.0988. The second kappa shape index (κ2) is 4.86. The van der Waals surface area contributed by atoms with Gasteiger partial charge in [-0.3, -0.25) is 4.79 Å². The lowest BCUT2D eigenvalue weighted by Gasteiger charge is -2.29. The number of phenols is 1. The molecule has 1 aliphatic heterocycles. The van der Waals surface area contributed by atoms with Gasteiger partial charge in [0.25, 0.3) is 5.91 Å². The van der Waals surface area contributed by atoms with Crippen molar-refractivity contribution in [3.05, 3.63) is 46.2 Å². The van der Waals surface area contributed by atoms with Crippen LogP contribution in [0.15, 0.2) is 35.7 Å². The van der Waals surface area contributed by atoms with Crippen LogP contribution in [0.1, 0.15) is 21.7 Å². The Bertz CT molecular complexity index is 805. The SMILES string of the molecule is O=C(c1cc2sccc2s1)N1CCCc2cccc(O)c21. The number of hydrogen-bond donors (Lipinski definition) is 1. The number of para-hydroxylation sites is 1. The van der Waals surface area contributed by atoms with E-state index >= 15 is 0 Å². The van der Waals surface area contributed by atoms with Crippen molar-refractivity contribution < 1.29 is 9.90 Å². The summed E-state index contributed by atoms with van der Waals surface area (Å²) in [7, 11) is 0. The topological polar surface area (TPSA) is 40.5 Å². The molecule has 0 atom stereocenters. The number of benzene rings is 1. The van der Waals surface area contributed by atoms with E-state index in [-0.39, 0.29) is 11.7 Å². The number of aryl methyl sites for hydroxylation is 1. The molecule has 3 nitrogen and oxygen atoms in total. The number of amides is 1. The Labute approximate surface area is 130 Å². The number of nitrogens with zero attached hydrogens (tertiary/aromatic N) is 1. The standard InChI is InChI=1S/C16H13NO2S2/c18-11-5-1-3-10-4-2-7-17(15(10)11)16(19)14-9-13-12(21-14)6-8-20-13/h1,3,5-6,8-9,18H,2,4,7H2. The minimum atomic E-state index is -0.00847. The molecule has 0 unspecified atom stereocenters. The summed E-state index contributed by atoms with van der Waals surface area (Å²) in [4.78, 5) is 15.3. The molecule has 0 bridgehead atoms. The molecule has 0 radical (unpaired) electrons. The van der Waals surface area contributed by atoms with E-state index in [1.54, 1.807) is 22.3 Å². The van der Waals surface area contributed by atoms with Crippen LogP contribution in [0.3, 0.4) is 0 Å². The first-order valence-corrected chi connectivity index (χ1v) is 8.53. The normalized spacial score (nSPS) is 14.4. The molecule has 5 heteroatoms. The van der Waals surface area contributed by atoms with E-state index in [4.69, 9.17) is 0 Å². The highest BCUT2D eigenvalue weighted by molar-refractivity contribution is 7.27. The largest absolute Gasteiger partial charge is 0.506 e. The molecule has 1 aromatic carbocycles. The van der Waals surface area contributed by atoms with Crippen molar-refractivity contribution in [3.63, 3.8) is 0 Å². The van der Waals surface area contributed by atoms with Gasteiger partial charge in [-0.25, -0.2) is 0 Å². The number of carbonyl (C=O) groups excluding carboxylic acids is 1. The number of rotatable bonds is 1. The molecule has 0 saturated heterocycles. The zero-order chi connectivity index (χ0) is 14.4. The van der Waals surface area contributed by atoms with Gasteiger partial charge in [-0.05, 0) is 42.0 Å². The van der Waals surface area contributed by atoms with Crippen molar-refractivity contribution in [2.45, 2.75) is 12.8 Å². The van der Waals surface area contributed by atoms with Gasteiger partial charge in [0.15, 0.2) is 0 Å². The molecule has 21 heavy (non-hydrogen) atoms. The van der Waals surface area contributed by atoms with E-state index in [1.165, 1.54) is 11.3 Å². The van der Waals surface area contributed by atoms with E-state index in [2.05, 4.69) is 0 Å². The minimum Gasteiger partial charge on any atom is -0.506 e. The van der Waals surface area contributed by atoms with Crippen molar-refractivity contribution in [3.8, 4) is 5.75 Å². The summed E-state index contributed by atoms with van der Waals surface area (Å²) in [5, 5.41) is 12.2. The fraction of sp³-hybridized carbons (Fsp3) is 0.188. The maximum atomic E-state index is 12.8. The van der Waals surface area contributed by atoms with Crippen molar-refractivity contribution in [1.29, 1.82) is 0 Å². The van der Waals surface area contributed by atoms with Gasteiger partial charge in [0, 0.05) is 15.9 Å². The first-order valence-electron chi connectivity index (χ1n) is 6.84. The molecule has 2 aromatic heterocycles. The quantitative estimate of drug-likeness (QED) is 0.729. The van der Waals surface area contributed by atoms with Crippen LogP contribution in [0.2, 0.25) is 0 Å². The molecule has 3 heterocycles. The van der Waals surface area contributed by atoms with E-state index in [0.717, 1.165) is 32.7 Å². The number of carbonyl (C=O) groups is 1. The van der Waals surface area contributed by atoms with Crippen molar-refractivity contribution in [1.82, 2.24) is 0 Å². The van der Waals surface area contributed by atoms with Gasteiger partial charge in [0.1, 0.15) is 5.75 Å². The molecule has 0 spiro atoms. The number of hydrogen-bond acceptors (Lipinski definition) is 4. The van der Waals surface area contributed by atoms with Crippen LogP contribution >= 0.6 is 22.7 Å². The van der Waals surface area contributed by atoms with Gasteiger partial charge in [0.05, 0.1) is 10.6 Å². The second-order valence-electron chi connectivity index (χ2n) is 5.10.